The predicted molar refractivity (Wildman–Crippen MR) is 170 cm³/mol. The molecule has 0 aromatic heterocycles. The molecule has 2 saturated heterocycles. The van der Waals surface area contributed by atoms with Gasteiger partial charge in [-0.05, 0) is 81.1 Å². The van der Waals surface area contributed by atoms with Gasteiger partial charge in [0.25, 0.3) is 5.91 Å². The van der Waals surface area contributed by atoms with Crippen LogP contribution in [0.25, 0.3) is 11.1 Å². The molecular formula is C35H42N4O5. The van der Waals surface area contributed by atoms with Gasteiger partial charge in [-0.15, -0.1) is 0 Å². The summed E-state index contributed by atoms with van der Waals surface area (Å²) in [6, 6.07) is 25.4. The second-order valence-corrected chi connectivity index (χ2v) is 11.7. The highest BCUT2D eigenvalue weighted by Crippen LogP contribution is 2.28. The second kappa shape index (κ2) is 15.5. The Morgan fingerprint density at radius 2 is 1.45 bits per heavy atom. The van der Waals surface area contributed by atoms with Crippen LogP contribution in [0.3, 0.4) is 0 Å². The highest BCUT2D eigenvalue weighted by atomic mass is 16.6. The number of rotatable bonds is 11. The fourth-order valence-electron chi connectivity index (χ4n) is 5.97. The van der Waals surface area contributed by atoms with Crippen molar-refractivity contribution in [1.82, 2.24) is 15.1 Å². The smallest absolute Gasteiger partial charge is 0.411 e. The van der Waals surface area contributed by atoms with E-state index >= 15 is 0 Å². The lowest BCUT2D eigenvalue weighted by atomic mass is 9.97. The fraction of sp³-hybridized carbons (Fsp3) is 0.400. The van der Waals surface area contributed by atoms with E-state index in [4.69, 9.17) is 4.74 Å². The molecule has 0 radical (unpaired) electrons. The summed E-state index contributed by atoms with van der Waals surface area (Å²) in [7, 11) is 0. The number of hydrogen-bond donors (Lipinski definition) is 3. The number of nitrogens with zero attached hydrogens (tertiary/aromatic N) is 2. The maximum atomic E-state index is 12.7. The van der Waals surface area contributed by atoms with Crippen molar-refractivity contribution in [3.63, 3.8) is 0 Å². The van der Waals surface area contributed by atoms with E-state index in [2.05, 4.69) is 20.4 Å². The number of piperidine rings is 2. The standard InChI is InChI=1S/C35H42N4O5/c40-33(28-13-11-26(12-14-28)25-39-21-15-29(16-22-39)34(41)42)36-19-6-20-38-23-17-30(18-24-38)44-35(43)37-32-10-5-4-9-31(32)27-7-2-1-3-8-27/h1-5,7-14,29-30H,6,15-25H2,(H,36,40)(H,37,43)(H,41,42). The van der Waals surface area contributed by atoms with E-state index in [-0.39, 0.29) is 17.9 Å². The van der Waals surface area contributed by atoms with E-state index < -0.39 is 12.1 Å². The van der Waals surface area contributed by atoms with Gasteiger partial charge >= 0.3 is 12.1 Å². The van der Waals surface area contributed by atoms with Crippen LogP contribution in [0, 0.1) is 5.92 Å². The average molecular weight is 599 g/mol. The number of benzene rings is 3. The van der Waals surface area contributed by atoms with Gasteiger partial charge in [-0.25, -0.2) is 4.79 Å². The molecule has 0 atom stereocenters. The Morgan fingerprint density at radius 1 is 0.795 bits per heavy atom. The number of nitrogens with one attached hydrogen (secondary N) is 2. The number of likely N-dealkylation sites (tertiary alicyclic amines) is 2. The third kappa shape index (κ3) is 8.90. The van der Waals surface area contributed by atoms with Gasteiger partial charge in [0, 0.05) is 37.3 Å². The summed E-state index contributed by atoms with van der Waals surface area (Å²) < 4.78 is 5.75. The van der Waals surface area contributed by atoms with Gasteiger partial charge in [-0.1, -0.05) is 60.7 Å². The zero-order valence-corrected chi connectivity index (χ0v) is 25.1. The molecule has 2 amide bonds. The molecule has 2 aliphatic rings. The topological polar surface area (TPSA) is 111 Å². The minimum absolute atomic E-state index is 0.0780. The van der Waals surface area contributed by atoms with Gasteiger partial charge in [0.15, 0.2) is 0 Å². The van der Waals surface area contributed by atoms with Crippen LogP contribution in [-0.2, 0) is 16.1 Å². The number of hydrogen-bond acceptors (Lipinski definition) is 6. The first kappa shape index (κ1) is 31.2. The lowest BCUT2D eigenvalue weighted by molar-refractivity contribution is -0.143. The largest absolute Gasteiger partial charge is 0.481 e. The molecule has 232 valence electrons. The summed E-state index contributed by atoms with van der Waals surface area (Å²) in [5.74, 6) is -1.00. The highest BCUT2D eigenvalue weighted by molar-refractivity contribution is 5.94. The molecule has 2 fully saturated rings. The molecule has 2 aliphatic heterocycles. The van der Waals surface area contributed by atoms with Gasteiger partial charge in [-0.2, -0.15) is 0 Å². The second-order valence-electron chi connectivity index (χ2n) is 11.7. The zero-order valence-electron chi connectivity index (χ0n) is 25.1. The summed E-state index contributed by atoms with van der Waals surface area (Å²) in [5, 5.41) is 15.1. The molecule has 3 N–H and O–H groups in total. The van der Waals surface area contributed by atoms with E-state index in [1.54, 1.807) is 0 Å². The number of para-hydroxylation sites is 1. The molecular weight excluding hydrogens is 556 g/mol. The van der Waals surface area contributed by atoms with Gasteiger partial charge in [0.1, 0.15) is 6.10 Å². The third-order valence-corrected chi connectivity index (χ3v) is 8.55. The lowest BCUT2D eigenvalue weighted by Gasteiger charge is -2.31. The molecule has 3 aromatic rings. The van der Waals surface area contributed by atoms with Crippen molar-refractivity contribution in [1.29, 1.82) is 0 Å². The molecule has 0 bridgehead atoms. The summed E-state index contributed by atoms with van der Waals surface area (Å²) in [6.07, 6.45) is 3.23. The number of aliphatic carboxylic acids is 1. The zero-order chi connectivity index (χ0) is 30.7. The number of amides is 2. The lowest BCUT2D eigenvalue weighted by Crippen LogP contribution is -2.39. The fourth-order valence-corrected chi connectivity index (χ4v) is 5.97. The van der Waals surface area contributed by atoms with Crippen molar-refractivity contribution in [2.75, 3.05) is 44.6 Å². The third-order valence-electron chi connectivity index (χ3n) is 8.55. The van der Waals surface area contributed by atoms with Crippen LogP contribution in [0.1, 0.15) is 48.0 Å². The van der Waals surface area contributed by atoms with Gasteiger partial charge < -0.3 is 20.1 Å². The maximum absolute atomic E-state index is 12.7. The van der Waals surface area contributed by atoms with Crippen molar-refractivity contribution < 1.29 is 24.2 Å². The number of carboxylic acids is 1. The van der Waals surface area contributed by atoms with E-state index in [1.807, 2.05) is 78.9 Å². The number of carbonyl (C=O) groups excluding carboxylic acids is 2. The molecule has 0 aliphatic carbocycles. The summed E-state index contributed by atoms with van der Waals surface area (Å²) >= 11 is 0. The van der Waals surface area contributed by atoms with Crippen molar-refractivity contribution in [2.45, 2.75) is 44.8 Å². The van der Waals surface area contributed by atoms with Gasteiger partial charge in [0.05, 0.1) is 11.6 Å². The van der Waals surface area contributed by atoms with Crippen LogP contribution in [-0.4, -0.2) is 78.2 Å². The van der Waals surface area contributed by atoms with Crippen LogP contribution < -0.4 is 10.6 Å². The van der Waals surface area contributed by atoms with Crippen molar-refractivity contribution in [3.8, 4) is 11.1 Å². The molecule has 0 spiro atoms. The van der Waals surface area contributed by atoms with Crippen molar-refractivity contribution in [3.05, 3.63) is 90.0 Å². The molecule has 44 heavy (non-hydrogen) atoms. The number of carboxylic acid groups (broad SMARTS) is 1. The highest BCUT2D eigenvalue weighted by Gasteiger charge is 2.25. The molecule has 0 saturated carbocycles. The SMILES string of the molecule is O=C(Nc1ccccc1-c1ccccc1)OC1CCN(CCCNC(=O)c2ccc(CN3CCC(C(=O)O)CC3)cc2)CC1. The average Bonchev–Trinajstić information content (AvgIpc) is 3.05. The minimum Gasteiger partial charge on any atom is -0.481 e. The Bertz CT molecular complexity index is 1380. The molecule has 5 rings (SSSR count). The van der Waals surface area contributed by atoms with E-state index in [0.29, 0.717) is 24.9 Å². The number of carbonyl (C=O) groups is 3. The Balaban J connectivity index is 0.961. The number of ether oxygens (including phenoxy) is 1. The normalized spacial score (nSPS) is 16.7. The van der Waals surface area contributed by atoms with Gasteiger partial charge in [0.2, 0.25) is 0 Å². The van der Waals surface area contributed by atoms with Crippen molar-refractivity contribution in [2.24, 2.45) is 5.92 Å². The van der Waals surface area contributed by atoms with E-state index in [1.165, 1.54) is 0 Å². The van der Waals surface area contributed by atoms with Crippen LogP contribution in [0.5, 0.6) is 0 Å². The Kier molecular flexibility index (Phi) is 11.0. The number of anilines is 1. The monoisotopic (exact) mass is 598 g/mol. The summed E-state index contributed by atoms with van der Waals surface area (Å²) in [4.78, 5) is 41.1. The molecule has 0 unspecified atom stereocenters. The maximum Gasteiger partial charge on any atom is 0.411 e. The molecule has 2 heterocycles. The molecule has 9 heteroatoms. The van der Waals surface area contributed by atoms with Gasteiger partial charge in [-0.3, -0.25) is 19.8 Å². The molecule has 3 aromatic carbocycles. The summed E-state index contributed by atoms with van der Waals surface area (Å²) in [6.45, 7) is 5.50. The first-order chi connectivity index (χ1) is 21.4. The predicted octanol–water partition coefficient (Wildman–Crippen LogP) is 5.48. The van der Waals surface area contributed by atoms with Crippen molar-refractivity contribution >= 4 is 23.7 Å². The Morgan fingerprint density at radius 3 is 2.16 bits per heavy atom. The Labute approximate surface area is 259 Å². The van der Waals surface area contributed by atoms with Crippen LogP contribution in [0.2, 0.25) is 0 Å². The van der Waals surface area contributed by atoms with E-state index in [0.717, 1.165) is 80.9 Å². The first-order valence-corrected chi connectivity index (χ1v) is 15.6. The first-order valence-electron chi connectivity index (χ1n) is 15.6. The van der Waals surface area contributed by atoms with Crippen LogP contribution in [0.4, 0.5) is 10.5 Å². The quantitative estimate of drug-likeness (QED) is 0.251. The molecule has 9 nitrogen and oxygen atoms in total. The van der Waals surface area contributed by atoms with E-state index in [9.17, 15) is 19.5 Å². The van der Waals surface area contributed by atoms with Crippen LogP contribution in [0.15, 0.2) is 78.9 Å². The minimum atomic E-state index is -0.696. The Hall–Kier alpha value is -4.21. The van der Waals surface area contributed by atoms with Crippen LogP contribution >= 0.6 is 0 Å². The summed E-state index contributed by atoms with van der Waals surface area (Å²) in [5.41, 5.74) is 4.48.